The molecule has 2 bridgehead atoms. The number of urea groups is 1. The lowest BCUT2D eigenvalue weighted by molar-refractivity contribution is -0.140. The quantitative estimate of drug-likeness (QED) is 0.648. The van der Waals surface area contributed by atoms with E-state index in [1.54, 1.807) is 24.4 Å². The molecule has 3 aliphatic carbocycles. The second kappa shape index (κ2) is 5.74. The molecule has 1 saturated carbocycles. The molecular weight excluding hydrogens is 308 g/mol. The maximum atomic E-state index is 12.6. The molecule has 7 nitrogen and oxygen atoms in total. The van der Waals surface area contributed by atoms with Gasteiger partial charge in [0.05, 0.1) is 11.8 Å². The van der Waals surface area contributed by atoms with Crippen molar-refractivity contribution in [1.82, 2.24) is 15.2 Å². The highest BCUT2D eigenvalue weighted by molar-refractivity contribution is 6.06. The lowest BCUT2D eigenvalue weighted by atomic mass is 9.63. The number of allylic oxidation sites excluding steroid dienone is 2. The summed E-state index contributed by atoms with van der Waals surface area (Å²) in [5.41, 5.74) is 0. The molecule has 7 heteroatoms. The molecule has 1 aromatic heterocycles. The minimum Gasteiger partial charge on any atom is -0.320 e. The first kappa shape index (κ1) is 14.9. The highest BCUT2D eigenvalue weighted by Gasteiger charge is 2.56. The van der Waals surface area contributed by atoms with Crippen molar-refractivity contribution in [2.45, 2.75) is 12.8 Å². The third kappa shape index (κ3) is 2.36. The second-order valence-electron chi connectivity index (χ2n) is 6.45. The number of hydrogen-bond donors (Lipinski definition) is 2. The van der Waals surface area contributed by atoms with E-state index in [0.29, 0.717) is 5.82 Å². The summed E-state index contributed by atoms with van der Waals surface area (Å²) in [7, 11) is 0. The Labute approximate surface area is 139 Å². The van der Waals surface area contributed by atoms with Crippen LogP contribution >= 0.6 is 0 Å². The van der Waals surface area contributed by atoms with Crippen molar-refractivity contribution in [1.29, 1.82) is 0 Å². The number of hydrogen-bond acceptors (Lipinski definition) is 4. The summed E-state index contributed by atoms with van der Waals surface area (Å²) >= 11 is 0. The van der Waals surface area contributed by atoms with Crippen LogP contribution in [0.1, 0.15) is 12.8 Å². The highest BCUT2D eigenvalue weighted by atomic mass is 16.2. The number of nitrogens with one attached hydrogen (secondary N) is 2. The Morgan fingerprint density at radius 2 is 1.79 bits per heavy atom. The number of carbonyl (C=O) groups excluding carboxylic acids is 3. The molecule has 0 spiro atoms. The first-order valence-corrected chi connectivity index (χ1v) is 8.14. The van der Waals surface area contributed by atoms with E-state index in [2.05, 4.69) is 27.8 Å². The van der Waals surface area contributed by atoms with Crippen molar-refractivity contribution in [3.63, 3.8) is 0 Å². The van der Waals surface area contributed by atoms with Crippen LogP contribution in [0.25, 0.3) is 0 Å². The van der Waals surface area contributed by atoms with Crippen molar-refractivity contribution in [2.24, 2.45) is 23.7 Å². The van der Waals surface area contributed by atoms with Crippen LogP contribution in [-0.2, 0) is 9.59 Å². The van der Waals surface area contributed by atoms with Crippen LogP contribution in [0, 0.1) is 23.7 Å². The Kier molecular flexibility index (Phi) is 3.55. The summed E-state index contributed by atoms with van der Waals surface area (Å²) in [5.74, 6) is -0.106. The molecule has 2 N–H and O–H groups in total. The molecule has 4 atom stereocenters. The fourth-order valence-corrected chi connectivity index (χ4v) is 4.04. The Balaban J connectivity index is 1.40. The summed E-state index contributed by atoms with van der Waals surface area (Å²) < 4.78 is 0. The monoisotopic (exact) mass is 326 g/mol. The smallest absolute Gasteiger partial charge is 0.320 e. The van der Waals surface area contributed by atoms with Gasteiger partial charge in [0, 0.05) is 6.20 Å². The molecule has 2 fully saturated rings. The number of fused-ring (bicyclic) bond motifs is 1. The summed E-state index contributed by atoms with van der Waals surface area (Å²) in [5, 5.41) is 5.13. The van der Waals surface area contributed by atoms with Gasteiger partial charge in [0.1, 0.15) is 12.5 Å². The molecule has 0 aromatic carbocycles. The number of likely N-dealkylation sites (tertiary alicyclic amines) is 1. The number of rotatable bonds is 3. The van der Waals surface area contributed by atoms with Crippen LogP contribution in [0.15, 0.2) is 36.5 Å². The van der Waals surface area contributed by atoms with Crippen molar-refractivity contribution in [3.8, 4) is 0 Å². The van der Waals surface area contributed by atoms with Gasteiger partial charge in [-0.2, -0.15) is 0 Å². The van der Waals surface area contributed by atoms with E-state index in [1.807, 2.05) is 0 Å². The largest absolute Gasteiger partial charge is 0.321 e. The average molecular weight is 326 g/mol. The van der Waals surface area contributed by atoms with E-state index >= 15 is 0 Å². The minimum atomic E-state index is -0.495. The van der Waals surface area contributed by atoms with E-state index in [4.69, 9.17) is 0 Å². The summed E-state index contributed by atoms with van der Waals surface area (Å²) in [6.07, 6.45) is 7.64. The van der Waals surface area contributed by atoms with Gasteiger partial charge >= 0.3 is 6.03 Å². The normalized spacial score (nSPS) is 30.4. The third-order valence-corrected chi connectivity index (χ3v) is 5.15. The van der Waals surface area contributed by atoms with Gasteiger partial charge in [0.2, 0.25) is 11.8 Å². The summed E-state index contributed by atoms with van der Waals surface area (Å²) in [6, 6.07) is 4.66. The van der Waals surface area contributed by atoms with Gasteiger partial charge in [0.25, 0.3) is 0 Å². The molecule has 0 unspecified atom stereocenters. The topological polar surface area (TPSA) is 91.4 Å². The molecule has 0 radical (unpaired) electrons. The standard InChI is InChI=1S/C17H18N4O3/c22-15-13-10-4-5-11(7-6-10)14(13)16(23)21(15)9-19-17(24)20-12-3-1-2-8-18-12/h1-5,8,10-11,13-14H,6-7,9H2,(H2,18,19,20,24)/t10-,11-,13-,14-/m0/s1. The Bertz CT molecular complexity index is 686. The third-order valence-electron chi connectivity index (χ3n) is 5.15. The van der Waals surface area contributed by atoms with Crippen LogP contribution in [0.5, 0.6) is 0 Å². The number of carbonyl (C=O) groups is 3. The Morgan fingerprint density at radius 1 is 1.12 bits per heavy atom. The van der Waals surface area contributed by atoms with Gasteiger partial charge in [-0.3, -0.25) is 19.8 Å². The van der Waals surface area contributed by atoms with Crippen molar-refractivity contribution < 1.29 is 14.4 Å². The van der Waals surface area contributed by atoms with Gasteiger partial charge in [-0.1, -0.05) is 18.2 Å². The van der Waals surface area contributed by atoms with Gasteiger partial charge < -0.3 is 5.32 Å². The fourth-order valence-electron chi connectivity index (χ4n) is 4.04. The maximum Gasteiger partial charge on any atom is 0.321 e. The predicted octanol–water partition coefficient (Wildman–Crippen LogP) is 1.36. The number of pyridine rings is 1. The molecule has 124 valence electrons. The zero-order chi connectivity index (χ0) is 16.7. The molecule has 1 aromatic rings. The molecule has 4 aliphatic rings. The molecule has 24 heavy (non-hydrogen) atoms. The Morgan fingerprint density at radius 3 is 2.33 bits per heavy atom. The summed E-state index contributed by atoms with van der Waals surface area (Å²) in [4.78, 5) is 42.3. The zero-order valence-corrected chi connectivity index (χ0v) is 13.0. The lowest BCUT2D eigenvalue weighted by Crippen LogP contribution is -2.43. The van der Waals surface area contributed by atoms with E-state index in [1.165, 1.54) is 4.90 Å². The van der Waals surface area contributed by atoms with E-state index < -0.39 is 6.03 Å². The van der Waals surface area contributed by atoms with Crippen LogP contribution in [0.4, 0.5) is 10.6 Å². The predicted molar refractivity (Wildman–Crippen MR) is 85.4 cm³/mol. The summed E-state index contributed by atoms with van der Waals surface area (Å²) in [6.45, 7) is -0.108. The minimum absolute atomic E-state index is 0.108. The van der Waals surface area contributed by atoms with Crippen LogP contribution < -0.4 is 10.6 Å². The van der Waals surface area contributed by atoms with Crippen molar-refractivity contribution in [3.05, 3.63) is 36.5 Å². The zero-order valence-electron chi connectivity index (χ0n) is 13.0. The van der Waals surface area contributed by atoms with Crippen LogP contribution in [-0.4, -0.2) is 34.4 Å². The van der Waals surface area contributed by atoms with Gasteiger partial charge in [-0.15, -0.1) is 0 Å². The van der Waals surface area contributed by atoms with Gasteiger partial charge in [0.15, 0.2) is 0 Å². The number of aromatic nitrogens is 1. The van der Waals surface area contributed by atoms with Crippen LogP contribution in [0.2, 0.25) is 0 Å². The van der Waals surface area contributed by atoms with E-state index in [-0.39, 0.29) is 42.2 Å². The Hall–Kier alpha value is -2.70. The van der Waals surface area contributed by atoms with Crippen molar-refractivity contribution in [2.75, 3.05) is 12.0 Å². The van der Waals surface area contributed by atoms with Gasteiger partial charge in [-0.05, 0) is 36.8 Å². The first-order chi connectivity index (χ1) is 11.6. The van der Waals surface area contributed by atoms with Crippen molar-refractivity contribution >= 4 is 23.7 Å². The molecule has 4 amide bonds. The number of anilines is 1. The molecule has 2 heterocycles. The number of imide groups is 1. The molecular formula is C17H18N4O3. The SMILES string of the molecule is O=C(NCN1C(=O)[C@@H]2[C@@H](C1=O)[C@H]1C=C[C@H]2CC1)Nc1ccccn1. The number of nitrogens with zero attached hydrogens (tertiary/aromatic N) is 2. The van der Waals surface area contributed by atoms with E-state index in [0.717, 1.165) is 12.8 Å². The molecule has 1 saturated heterocycles. The lowest BCUT2D eigenvalue weighted by Gasteiger charge is -2.38. The van der Waals surface area contributed by atoms with E-state index in [9.17, 15) is 14.4 Å². The maximum absolute atomic E-state index is 12.6. The molecule has 1 aliphatic heterocycles. The van der Waals surface area contributed by atoms with Gasteiger partial charge in [-0.25, -0.2) is 9.78 Å². The number of amides is 4. The second-order valence-corrected chi connectivity index (χ2v) is 6.45. The fraction of sp³-hybridized carbons (Fsp3) is 0.412. The van der Waals surface area contributed by atoms with Crippen LogP contribution in [0.3, 0.4) is 0 Å². The molecule has 5 rings (SSSR count). The highest BCUT2D eigenvalue weighted by Crippen LogP contribution is 2.49. The average Bonchev–Trinajstić information content (AvgIpc) is 2.88. The first-order valence-electron chi connectivity index (χ1n) is 8.14.